The molecule has 0 bridgehead atoms. The summed E-state index contributed by atoms with van der Waals surface area (Å²) in [5, 5.41) is 16.1. The van der Waals surface area contributed by atoms with Crippen LogP contribution in [0.15, 0.2) is 18.2 Å². The van der Waals surface area contributed by atoms with Crippen molar-refractivity contribution in [2.75, 3.05) is 5.32 Å². The number of aromatic carboxylic acids is 1. The first kappa shape index (κ1) is 15.8. The lowest BCUT2D eigenvalue weighted by Crippen LogP contribution is -2.16. The number of rotatable bonds is 4. The highest BCUT2D eigenvalue weighted by molar-refractivity contribution is 5.95. The van der Waals surface area contributed by atoms with E-state index in [1.165, 1.54) is 12.1 Å². The van der Waals surface area contributed by atoms with Gasteiger partial charge < -0.3 is 10.4 Å². The molecule has 1 heterocycles. The third-order valence-electron chi connectivity index (χ3n) is 3.75. The fourth-order valence-corrected chi connectivity index (χ4v) is 2.32. The Morgan fingerprint density at radius 3 is 2.50 bits per heavy atom. The van der Waals surface area contributed by atoms with Gasteiger partial charge in [0.25, 0.3) is 0 Å². The second-order valence-corrected chi connectivity index (χ2v) is 5.33. The third kappa shape index (κ3) is 3.16. The lowest BCUT2D eigenvalue weighted by Gasteiger charge is -2.09. The monoisotopic (exact) mass is 301 g/mol. The number of hydrogen-bond acceptors (Lipinski definition) is 3. The van der Waals surface area contributed by atoms with E-state index >= 15 is 0 Å². The second kappa shape index (κ2) is 6.01. The Balaban J connectivity index is 2.19. The highest BCUT2D eigenvalue weighted by Gasteiger charge is 2.15. The first-order valence-electron chi connectivity index (χ1n) is 6.92. The maximum Gasteiger partial charge on any atom is 0.335 e. The van der Waals surface area contributed by atoms with Gasteiger partial charge in [-0.1, -0.05) is 6.07 Å². The number of carbonyl (C=O) groups excluding carboxylic acids is 1. The van der Waals surface area contributed by atoms with E-state index < -0.39 is 5.97 Å². The Bertz CT molecular complexity index is 747. The number of aryl methyl sites for hydroxylation is 3. The van der Waals surface area contributed by atoms with Crippen molar-refractivity contribution in [1.29, 1.82) is 0 Å². The minimum Gasteiger partial charge on any atom is -0.478 e. The van der Waals surface area contributed by atoms with Crippen LogP contribution in [-0.2, 0) is 18.3 Å². The Kier molecular flexibility index (Phi) is 4.30. The smallest absolute Gasteiger partial charge is 0.335 e. The maximum atomic E-state index is 12.2. The number of aromatic nitrogens is 2. The number of benzene rings is 1. The number of carbonyl (C=O) groups is 2. The summed E-state index contributed by atoms with van der Waals surface area (Å²) in [7, 11) is 1.84. The highest BCUT2D eigenvalue weighted by atomic mass is 16.4. The Hall–Kier alpha value is -2.63. The zero-order valence-electron chi connectivity index (χ0n) is 13.1. The molecule has 116 valence electrons. The van der Waals surface area contributed by atoms with Gasteiger partial charge in [0.15, 0.2) is 0 Å². The Labute approximate surface area is 128 Å². The second-order valence-electron chi connectivity index (χ2n) is 5.33. The van der Waals surface area contributed by atoms with Gasteiger partial charge in [0.2, 0.25) is 5.91 Å². The van der Waals surface area contributed by atoms with Crippen LogP contribution in [0.4, 0.5) is 5.69 Å². The molecule has 0 aliphatic heterocycles. The van der Waals surface area contributed by atoms with Crippen molar-refractivity contribution in [3.63, 3.8) is 0 Å². The molecule has 0 saturated carbocycles. The fraction of sp³-hybridized carbons (Fsp3) is 0.312. The molecule has 2 aromatic rings. The van der Waals surface area contributed by atoms with Crippen LogP contribution in [0.3, 0.4) is 0 Å². The van der Waals surface area contributed by atoms with Gasteiger partial charge in [-0.3, -0.25) is 9.48 Å². The lowest BCUT2D eigenvalue weighted by atomic mass is 10.1. The van der Waals surface area contributed by atoms with Crippen LogP contribution in [0.5, 0.6) is 0 Å². The van der Waals surface area contributed by atoms with Gasteiger partial charge in [0.05, 0.1) is 17.7 Å². The molecule has 0 spiro atoms. The van der Waals surface area contributed by atoms with E-state index in [0.717, 1.165) is 22.5 Å². The van der Waals surface area contributed by atoms with Crippen LogP contribution in [0.2, 0.25) is 0 Å². The molecule has 0 saturated heterocycles. The largest absolute Gasteiger partial charge is 0.478 e. The molecule has 0 aliphatic rings. The molecule has 22 heavy (non-hydrogen) atoms. The first-order valence-corrected chi connectivity index (χ1v) is 6.92. The minimum atomic E-state index is -1.02. The van der Waals surface area contributed by atoms with Crippen LogP contribution in [-0.4, -0.2) is 26.8 Å². The van der Waals surface area contributed by atoms with Crippen molar-refractivity contribution >= 4 is 17.6 Å². The van der Waals surface area contributed by atoms with Crippen LogP contribution in [0.25, 0.3) is 0 Å². The average molecular weight is 301 g/mol. The van der Waals surface area contributed by atoms with Gasteiger partial charge in [-0.25, -0.2) is 4.79 Å². The van der Waals surface area contributed by atoms with Gasteiger partial charge in [-0.2, -0.15) is 5.10 Å². The lowest BCUT2D eigenvalue weighted by molar-refractivity contribution is -0.115. The molecule has 1 aromatic carbocycles. The van der Waals surface area contributed by atoms with Gasteiger partial charge in [-0.05, 0) is 38.5 Å². The van der Waals surface area contributed by atoms with Gasteiger partial charge >= 0.3 is 5.97 Å². The molecule has 0 atom stereocenters. The summed E-state index contributed by atoms with van der Waals surface area (Å²) < 4.78 is 1.74. The molecular formula is C16H19N3O3. The van der Waals surface area contributed by atoms with Crippen molar-refractivity contribution in [1.82, 2.24) is 9.78 Å². The number of anilines is 1. The van der Waals surface area contributed by atoms with Crippen LogP contribution in [0.1, 0.15) is 32.9 Å². The summed E-state index contributed by atoms with van der Waals surface area (Å²) in [4.78, 5) is 23.2. The third-order valence-corrected chi connectivity index (χ3v) is 3.75. The van der Waals surface area contributed by atoms with Gasteiger partial charge in [-0.15, -0.1) is 0 Å². The van der Waals surface area contributed by atoms with E-state index in [0.29, 0.717) is 5.69 Å². The van der Waals surface area contributed by atoms with E-state index in [9.17, 15) is 9.59 Å². The molecule has 0 fully saturated rings. The van der Waals surface area contributed by atoms with Crippen molar-refractivity contribution in [2.24, 2.45) is 7.05 Å². The van der Waals surface area contributed by atoms with Crippen molar-refractivity contribution < 1.29 is 14.7 Å². The van der Waals surface area contributed by atoms with Crippen molar-refractivity contribution in [2.45, 2.75) is 27.2 Å². The molecule has 0 unspecified atom stereocenters. The molecule has 0 radical (unpaired) electrons. The first-order chi connectivity index (χ1) is 10.3. The molecule has 6 heteroatoms. The van der Waals surface area contributed by atoms with E-state index in [-0.39, 0.29) is 17.9 Å². The summed E-state index contributed by atoms with van der Waals surface area (Å²) in [6, 6.07) is 4.67. The number of carboxylic acids is 1. The summed E-state index contributed by atoms with van der Waals surface area (Å²) >= 11 is 0. The van der Waals surface area contributed by atoms with Crippen molar-refractivity contribution in [3.8, 4) is 0 Å². The Morgan fingerprint density at radius 2 is 1.95 bits per heavy atom. The summed E-state index contributed by atoms with van der Waals surface area (Å²) in [5.41, 5.74) is 4.15. The van der Waals surface area contributed by atoms with E-state index in [1.54, 1.807) is 10.7 Å². The minimum absolute atomic E-state index is 0.148. The number of nitrogens with zero attached hydrogens (tertiary/aromatic N) is 2. The van der Waals surface area contributed by atoms with Crippen LogP contribution in [0, 0.1) is 20.8 Å². The normalized spacial score (nSPS) is 10.5. The summed E-state index contributed by atoms with van der Waals surface area (Å²) in [5.74, 6) is -1.21. The van der Waals surface area contributed by atoms with Gasteiger partial charge in [0.1, 0.15) is 0 Å². The van der Waals surface area contributed by atoms with Gasteiger partial charge in [0, 0.05) is 24.0 Å². The molecular weight excluding hydrogens is 282 g/mol. The van der Waals surface area contributed by atoms with Crippen LogP contribution >= 0.6 is 0 Å². The standard InChI is InChI=1S/C16H19N3O3/c1-9-5-6-12(16(21)22)7-14(9)17-15(20)8-13-10(2)18-19(4)11(13)3/h5-7H,8H2,1-4H3,(H,17,20)(H,21,22). The maximum absolute atomic E-state index is 12.2. The molecule has 2 rings (SSSR count). The topological polar surface area (TPSA) is 84.2 Å². The molecule has 2 N–H and O–H groups in total. The van der Waals surface area contributed by atoms with E-state index in [2.05, 4.69) is 10.4 Å². The molecule has 1 aromatic heterocycles. The predicted molar refractivity (Wildman–Crippen MR) is 83.2 cm³/mol. The quantitative estimate of drug-likeness (QED) is 0.907. The summed E-state index contributed by atoms with van der Waals surface area (Å²) in [6.07, 6.45) is 0.211. The average Bonchev–Trinajstić information content (AvgIpc) is 2.67. The molecule has 0 aliphatic carbocycles. The number of hydrogen-bond donors (Lipinski definition) is 2. The SMILES string of the molecule is Cc1ccc(C(=O)O)cc1NC(=O)Cc1c(C)nn(C)c1C. The number of nitrogens with one attached hydrogen (secondary N) is 1. The van der Waals surface area contributed by atoms with Crippen molar-refractivity contribution in [3.05, 3.63) is 46.3 Å². The summed E-state index contributed by atoms with van der Waals surface area (Å²) in [6.45, 7) is 5.60. The molecule has 1 amide bonds. The fourth-order valence-electron chi connectivity index (χ4n) is 2.32. The highest BCUT2D eigenvalue weighted by Crippen LogP contribution is 2.18. The Morgan fingerprint density at radius 1 is 1.27 bits per heavy atom. The zero-order valence-corrected chi connectivity index (χ0v) is 13.1. The van der Waals surface area contributed by atoms with E-state index in [4.69, 9.17) is 5.11 Å². The number of carboxylic acid groups (broad SMARTS) is 1. The predicted octanol–water partition coefficient (Wildman–Crippen LogP) is 2.22. The van der Waals surface area contributed by atoms with E-state index in [1.807, 2.05) is 27.8 Å². The number of amides is 1. The zero-order chi connectivity index (χ0) is 16.4. The van der Waals surface area contributed by atoms with Crippen LogP contribution < -0.4 is 5.32 Å². The molecule has 6 nitrogen and oxygen atoms in total.